The molecule has 0 spiro atoms. The van der Waals surface area contributed by atoms with Gasteiger partial charge >= 0.3 is 0 Å². The van der Waals surface area contributed by atoms with E-state index in [-0.39, 0.29) is 0 Å². The second kappa shape index (κ2) is 8.38. The number of nitriles is 1. The third-order valence-electron chi connectivity index (χ3n) is 5.87. The average Bonchev–Trinajstić information content (AvgIpc) is 3.21. The second-order valence-electron chi connectivity index (χ2n) is 8.07. The number of aryl methyl sites for hydroxylation is 1. The fraction of sp³-hybridized carbons (Fsp3) is 0.348. The van der Waals surface area contributed by atoms with Crippen LogP contribution in [0.3, 0.4) is 0 Å². The molecule has 158 valence electrons. The molecule has 2 aliphatic heterocycles. The lowest BCUT2D eigenvalue weighted by Gasteiger charge is -2.43. The van der Waals surface area contributed by atoms with E-state index in [2.05, 4.69) is 56.4 Å². The Morgan fingerprint density at radius 1 is 1.06 bits per heavy atom. The van der Waals surface area contributed by atoms with Crippen molar-refractivity contribution in [3.8, 4) is 11.8 Å². The maximum atomic E-state index is 9.11. The van der Waals surface area contributed by atoms with Crippen LogP contribution in [0.4, 0.5) is 17.3 Å². The molecule has 3 aromatic rings. The van der Waals surface area contributed by atoms with Crippen molar-refractivity contribution in [2.24, 2.45) is 0 Å². The van der Waals surface area contributed by atoms with Gasteiger partial charge in [0.1, 0.15) is 6.33 Å². The number of hydrogen-bond donors (Lipinski definition) is 1. The maximum absolute atomic E-state index is 9.11. The van der Waals surface area contributed by atoms with Gasteiger partial charge in [0.2, 0.25) is 5.95 Å². The summed E-state index contributed by atoms with van der Waals surface area (Å²) >= 11 is 0. The molecule has 1 aromatic heterocycles. The van der Waals surface area contributed by atoms with E-state index in [1.54, 1.807) is 23.1 Å². The van der Waals surface area contributed by atoms with Crippen LogP contribution >= 0.6 is 0 Å². The monoisotopic (exact) mass is 415 g/mol. The summed E-state index contributed by atoms with van der Waals surface area (Å²) in [5.74, 6) is 0.522. The highest BCUT2D eigenvalue weighted by Gasteiger charge is 2.29. The lowest BCUT2D eigenvalue weighted by atomic mass is 10.1. The van der Waals surface area contributed by atoms with Crippen LogP contribution in [0, 0.1) is 18.3 Å². The second-order valence-corrected chi connectivity index (χ2v) is 8.07. The molecule has 0 amide bonds. The third-order valence-corrected chi connectivity index (χ3v) is 5.87. The molecule has 1 N–H and O–H groups in total. The first-order valence-electron chi connectivity index (χ1n) is 10.6. The lowest BCUT2D eigenvalue weighted by molar-refractivity contribution is -0.0660. The molecule has 2 saturated heterocycles. The molecule has 0 radical (unpaired) electrons. The number of hydrogen-bond acceptors (Lipinski definition) is 7. The summed E-state index contributed by atoms with van der Waals surface area (Å²) in [6.45, 7) is 8.02. The normalized spacial score (nSPS) is 17.2. The van der Waals surface area contributed by atoms with Gasteiger partial charge in [0.15, 0.2) is 0 Å². The Morgan fingerprint density at radius 3 is 2.65 bits per heavy atom. The number of rotatable bonds is 5. The summed E-state index contributed by atoms with van der Waals surface area (Å²) in [7, 11) is 0. The highest BCUT2D eigenvalue weighted by Crippen LogP contribution is 2.26. The van der Waals surface area contributed by atoms with E-state index in [4.69, 9.17) is 10.00 Å². The Hall–Kier alpha value is -3.41. The number of aromatic nitrogens is 3. The molecule has 3 heterocycles. The SMILES string of the molecule is Cc1cc(Nc2ncn(-c3cccc(C#N)c3)n2)cc(N2CCN(C3COC3)CC2)c1. The number of nitrogens with one attached hydrogen (secondary N) is 1. The van der Waals surface area contributed by atoms with E-state index in [0.717, 1.165) is 50.8 Å². The molecule has 0 unspecified atom stereocenters. The molecular weight excluding hydrogens is 390 g/mol. The van der Waals surface area contributed by atoms with Crippen molar-refractivity contribution < 1.29 is 4.74 Å². The van der Waals surface area contributed by atoms with E-state index < -0.39 is 0 Å². The molecule has 2 aromatic carbocycles. The van der Waals surface area contributed by atoms with Crippen molar-refractivity contribution in [2.45, 2.75) is 13.0 Å². The molecule has 8 nitrogen and oxygen atoms in total. The summed E-state index contributed by atoms with van der Waals surface area (Å²) in [4.78, 5) is 9.36. The number of benzene rings is 2. The molecule has 0 atom stereocenters. The fourth-order valence-electron chi connectivity index (χ4n) is 4.09. The van der Waals surface area contributed by atoms with Crippen molar-refractivity contribution in [2.75, 3.05) is 49.6 Å². The van der Waals surface area contributed by atoms with E-state index in [1.165, 1.54) is 11.3 Å². The van der Waals surface area contributed by atoms with Gasteiger partial charge in [0, 0.05) is 37.6 Å². The summed E-state index contributed by atoms with van der Waals surface area (Å²) in [6, 6.07) is 16.5. The molecule has 31 heavy (non-hydrogen) atoms. The zero-order valence-electron chi connectivity index (χ0n) is 17.5. The first-order chi connectivity index (χ1) is 15.2. The van der Waals surface area contributed by atoms with Crippen LogP contribution in [0.5, 0.6) is 0 Å². The van der Waals surface area contributed by atoms with Gasteiger partial charge in [0.05, 0.1) is 36.6 Å². The van der Waals surface area contributed by atoms with Crippen LogP contribution < -0.4 is 10.2 Å². The summed E-state index contributed by atoms with van der Waals surface area (Å²) < 4.78 is 7.01. The number of nitrogens with zero attached hydrogens (tertiary/aromatic N) is 6. The van der Waals surface area contributed by atoms with Crippen LogP contribution in [0.2, 0.25) is 0 Å². The topological polar surface area (TPSA) is 82.2 Å². The van der Waals surface area contributed by atoms with E-state index >= 15 is 0 Å². The fourth-order valence-corrected chi connectivity index (χ4v) is 4.09. The third kappa shape index (κ3) is 4.24. The molecule has 8 heteroatoms. The molecule has 2 fully saturated rings. The lowest BCUT2D eigenvalue weighted by Crippen LogP contribution is -2.56. The summed E-state index contributed by atoms with van der Waals surface area (Å²) in [5, 5.41) is 17.0. The Balaban J connectivity index is 1.29. The van der Waals surface area contributed by atoms with Gasteiger partial charge in [-0.25, -0.2) is 4.68 Å². The predicted octanol–water partition coefficient (Wildman–Crippen LogP) is 2.71. The van der Waals surface area contributed by atoms with Crippen LogP contribution in [-0.4, -0.2) is 65.1 Å². The molecule has 0 saturated carbocycles. The largest absolute Gasteiger partial charge is 0.378 e. The Morgan fingerprint density at radius 2 is 1.90 bits per heavy atom. The van der Waals surface area contributed by atoms with Crippen LogP contribution in [-0.2, 0) is 4.74 Å². The first-order valence-corrected chi connectivity index (χ1v) is 10.6. The predicted molar refractivity (Wildman–Crippen MR) is 119 cm³/mol. The minimum Gasteiger partial charge on any atom is -0.378 e. The first kappa shape index (κ1) is 19.5. The smallest absolute Gasteiger partial charge is 0.246 e. The van der Waals surface area contributed by atoms with Gasteiger partial charge in [-0.15, -0.1) is 5.10 Å². The van der Waals surface area contributed by atoms with Gasteiger partial charge in [-0.2, -0.15) is 10.2 Å². The Labute approximate surface area is 181 Å². The van der Waals surface area contributed by atoms with Gasteiger partial charge in [-0.1, -0.05) is 6.07 Å². The maximum Gasteiger partial charge on any atom is 0.246 e. The number of piperazine rings is 1. The van der Waals surface area contributed by atoms with Gasteiger partial charge < -0.3 is 15.0 Å². The Bertz CT molecular complexity index is 1110. The highest BCUT2D eigenvalue weighted by molar-refractivity contribution is 5.64. The van der Waals surface area contributed by atoms with E-state index in [9.17, 15) is 0 Å². The van der Waals surface area contributed by atoms with Crippen LogP contribution in [0.15, 0.2) is 48.8 Å². The highest BCUT2D eigenvalue weighted by atomic mass is 16.5. The van der Waals surface area contributed by atoms with Crippen molar-refractivity contribution in [1.29, 1.82) is 5.26 Å². The van der Waals surface area contributed by atoms with Gasteiger partial charge in [0.25, 0.3) is 0 Å². The van der Waals surface area contributed by atoms with Crippen molar-refractivity contribution in [3.63, 3.8) is 0 Å². The van der Waals surface area contributed by atoms with Gasteiger partial charge in [-0.3, -0.25) is 4.90 Å². The minimum atomic E-state index is 0.522. The molecule has 0 aliphatic carbocycles. The zero-order valence-corrected chi connectivity index (χ0v) is 17.5. The number of anilines is 3. The van der Waals surface area contributed by atoms with Crippen LogP contribution in [0.1, 0.15) is 11.1 Å². The molecule has 5 rings (SSSR count). The zero-order chi connectivity index (χ0) is 21.2. The quantitative estimate of drug-likeness (QED) is 0.686. The van der Waals surface area contributed by atoms with Crippen molar-refractivity contribution >= 4 is 17.3 Å². The van der Waals surface area contributed by atoms with Crippen molar-refractivity contribution in [1.82, 2.24) is 19.7 Å². The van der Waals surface area contributed by atoms with Crippen molar-refractivity contribution in [3.05, 3.63) is 59.9 Å². The molecule has 2 aliphatic rings. The van der Waals surface area contributed by atoms with E-state index in [1.807, 2.05) is 12.1 Å². The van der Waals surface area contributed by atoms with Gasteiger partial charge in [-0.05, 0) is 48.9 Å². The summed E-state index contributed by atoms with van der Waals surface area (Å²) in [5.41, 5.74) is 4.77. The van der Waals surface area contributed by atoms with E-state index in [0.29, 0.717) is 17.6 Å². The Kier molecular flexibility index (Phi) is 5.28. The number of ether oxygens (including phenoxy) is 1. The average molecular weight is 416 g/mol. The minimum absolute atomic E-state index is 0.522. The summed E-state index contributed by atoms with van der Waals surface area (Å²) in [6.07, 6.45) is 1.65. The van der Waals surface area contributed by atoms with Crippen LogP contribution in [0.25, 0.3) is 5.69 Å². The standard InChI is InChI=1S/C23H25N7O/c1-17-9-19(12-21(10-17)28-5-7-29(8-6-28)22-14-31-15-22)26-23-25-16-30(27-23)20-4-2-3-18(11-20)13-24/h2-4,9-12,16,22H,5-8,14-15H2,1H3,(H,26,27). The molecular formula is C23H25N7O. The molecule has 0 bridgehead atoms.